The molecule has 0 radical (unpaired) electrons. The fourth-order valence-corrected chi connectivity index (χ4v) is 2.93. The zero-order valence-electron chi connectivity index (χ0n) is 11.0. The minimum atomic E-state index is -0.694. The lowest BCUT2D eigenvalue weighted by Gasteiger charge is -2.29. The topological polar surface area (TPSA) is 46.2 Å². The Balaban J connectivity index is 1.84. The number of rotatable bonds is 0. The molecule has 3 aliphatic heterocycles. The van der Waals surface area contributed by atoms with Crippen LogP contribution in [0.3, 0.4) is 0 Å². The lowest BCUT2D eigenvalue weighted by atomic mass is 10.1. The summed E-state index contributed by atoms with van der Waals surface area (Å²) >= 11 is 6.29. The van der Waals surface area contributed by atoms with E-state index in [-0.39, 0.29) is 23.7 Å². The first-order valence-corrected chi connectivity index (χ1v) is 6.68. The van der Waals surface area contributed by atoms with Gasteiger partial charge in [0, 0.05) is 0 Å². The molecule has 0 saturated carbocycles. The lowest BCUT2D eigenvalue weighted by molar-refractivity contribution is -0.253. The summed E-state index contributed by atoms with van der Waals surface area (Å²) in [5.41, 5.74) is 0. The van der Waals surface area contributed by atoms with Crippen LogP contribution in [0.25, 0.3) is 0 Å². The summed E-state index contributed by atoms with van der Waals surface area (Å²) in [5, 5.41) is -0.266. The zero-order valence-corrected chi connectivity index (χ0v) is 11.8. The van der Waals surface area contributed by atoms with E-state index in [2.05, 4.69) is 0 Å². The van der Waals surface area contributed by atoms with Crippen LogP contribution in [0.15, 0.2) is 0 Å². The van der Waals surface area contributed by atoms with Gasteiger partial charge in [-0.1, -0.05) is 0 Å². The first-order chi connectivity index (χ1) is 8.27. The number of ether oxygens (including phenoxy) is 5. The summed E-state index contributed by atoms with van der Waals surface area (Å²) < 4.78 is 28.9. The minimum Gasteiger partial charge on any atom is -0.349 e. The predicted octanol–water partition coefficient (Wildman–Crippen LogP) is 1.62. The molecule has 5 atom stereocenters. The molecule has 3 saturated heterocycles. The van der Waals surface area contributed by atoms with Crippen LogP contribution in [0.1, 0.15) is 27.7 Å². The van der Waals surface area contributed by atoms with Crippen molar-refractivity contribution < 1.29 is 23.7 Å². The van der Waals surface area contributed by atoms with Crippen molar-refractivity contribution in [3.8, 4) is 0 Å². The summed E-state index contributed by atoms with van der Waals surface area (Å²) in [4.78, 5) is 0. The first kappa shape index (κ1) is 13.1. The second-order valence-electron chi connectivity index (χ2n) is 5.88. The first-order valence-electron chi connectivity index (χ1n) is 6.24. The highest BCUT2D eigenvalue weighted by Gasteiger charge is 2.59. The molecule has 18 heavy (non-hydrogen) atoms. The van der Waals surface area contributed by atoms with Gasteiger partial charge in [0.1, 0.15) is 18.3 Å². The van der Waals surface area contributed by atoms with E-state index in [4.69, 9.17) is 35.3 Å². The van der Waals surface area contributed by atoms with Gasteiger partial charge in [-0.15, -0.1) is 11.6 Å². The second kappa shape index (κ2) is 4.04. The maximum absolute atomic E-state index is 6.29. The summed E-state index contributed by atoms with van der Waals surface area (Å²) in [6.07, 6.45) is -1.20. The van der Waals surface area contributed by atoms with Crippen LogP contribution in [0, 0.1) is 0 Å². The molecule has 3 rings (SSSR count). The molecular formula is C12H19ClO5. The van der Waals surface area contributed by atoms with Crippen LogP contribution >= 0.6 is 11.6 Å². The molecule has 3 aliphatic rings. The molecule has 5 nitrogen and oxygen atoms in total. The summed E-state index contributed by atoms with van der Waals surface area (Å²) in [6, 6.07) is 0. The van der Waals surface area contributed by atoms with E-state index in [1.807, 2.05) is 27.7 Å². The third-order valence-electron chi connectivity index (χ3n) is 3.39. The van der Waals surface area contributed by atoms with E-state index >= 15 is 0 Å². The maximum Gasteiger partial charge on any atom is 0.190 e. The average molecular weight is 279 g/mol. The Bertz CT molecular complexity index is 345. The van der Waals surface area contributed by atoms with Crippen molar-refractivity contribution in [2.24, 2.45) is 0 Å². The molecule has 0 spiro atoms. The van der Waals surface area contributed by atoms with Gasteiger partial charge in [-0.05, 0) is 27.7 Å². The molecule has 0 amide bonds. The molecule has 0 aliphatic carbocycles. The fourth-order valence-electron chi connectivity index (χ4n) is 2.67. The summed E-state index contributed by atoms with van der Waals surface area (Å²) in [5.74, 6) is -1.34. The van der Waals surface area contributed by atoms with Crippen molar-refractivity contribution >= 4 is 11.6 Å². The van der Waals surface area contributed by atoms with Gasteiger partial charge in [0.05, 0.1) is 12.0 Å². The van der Waals surface area contributed by atoms with Gasteiger partial charge >= 0.3 is 0 Å². The Morgan fingerprint density at radius 2 is 1.56 bits per heavy atom. The van der Waals surface area contributed by atoms with Gasteiger partial charge in [0.25, 0.3) is 0 Å². The number of hydrogen-bond acceptors (Lipinski definition) is 5. The normalized spacial score (nSPS) is 49.5. The number of hydrogen-bond donors (Lipinski definition) is 0. The highest BCUT2D eigenvalue weighted by molar-refractivity contribution is 6.21. The smallest absolute Gasteiger partial charge is 0.190 e. The molecular weight excluding hydrogens is 260 g/mol. The zero-order chi connectivity index (χ0) is 13.1. The minimum absolute atomic E-state index is 0.257. The van der Waals surface area contributed by atoms with E-state index in [9.17, 15) is 0 Å². The monoisotopic (exact) mass is 278 g/mol. The SMILES string of the molecule is CC1(C)OC[C@H](Cl)[C@H]2O[C@@H]3OC(C)(C)O[C@@H]3[C@H]2O1. The Morgan fingerprint density at radius 1 is 0.889 bits per heavy atom. The van der Waals surface area contributed by atoms with E-state index in [0.717, 1.165) is 0 Å². The molecule has 0 aromatic heterocycles. The average Bonchev–Trinajstić information content (AvgIpc) is 2.65. The van der Waals surface area contributed by atoms with E-state index in [1.165, 1.54) is 0 Å². The number of alkyl halides is 1. The largest absolute Gasteiger partial charge is 0.349 e. The maximum atomic E-state index is 6.29. The Kier molecular flexibility index (Phi) is 2.94. The molecule has 6 heteroatoms. The van der Waals surface area contributed by atoms with E-state index in [0.29, 0.717) is 6.61 Å². The van der Waals surface area contributed by atoms with Gasteiger partial charge in [-0.3, -0.25) is 0 Å². The predicted molar refractivity (Wildman–Crippen MR) is 63.2 cm³/mol. The third-order valence-corrected chi connectivity index (χ3v) is 3.77. The van der Waals surface area contributed by atoms with Crippen molar-refractivity contribution in [2.45, 2.75) is 69.2 Å². The van der Waals surface area contributed by atoms with Gasteiger partial charge in [0.2, 0.25) is 0 Å². The van der Waals surface area contributed by atoms with Crippen molar-refractivity contribution in [3.63, 3.8) is 0 Å². The van der Waals surface area contributed by atoms with Gasteiger partial charge in [-0.25, -0.2) is 0 Å². The molecule has 0 unspecified atom stereocenters. The van der Waals surface area contributed by atoms with E-state index < -0.39 is 17.9 Å². The number of halogens is 1. The lowest BCUT2D eigenvalue weighted by Crippen LogP contribution is -2.42. The standard InChI is InChI=1S/C12H19ClO5/c1-11(2)14-5-6(13)7-8(16-11)9-10(15-7)18-12(3,4)17-9/h6-10H,5H2,1-4H3/t6-,7+,8-,9+,10+/m0/s1. The Morgan fingerprint density at radius 3 is 2.28 bits per heavy atom. The van der Waals surface area contributed by atoms with Crippen molar-refractivity contribution in [1.82, 2.24) is 0 Å². The van der Waals surface area contributed by atoms with Gasteiger partial charge < -0.3 is 23.7 Å². The van der Waals surface area contributed by atoms with Gasteiger partial charge in [-0.2, -0.15) is 0 Å². The molecule has 0 bridgehead atoms. The van der Waals surface area contributed by atoms with Gasteiger partial charge in [0.15, 0.2) is 17.9 Å². The fraction of sp³-hybridized carbons (Fsp3) is 1.00. The summed E-state index contributed by atoms with van der Waals surface area (Å²) in [7, 11) is 0. The molecule has 3 heterocycles. The van der Waals surface area contributed by atoms with Crippen LogP contribution in [0.5, 0.6) is 0 Å². The van der Waals surface area contributed by atoms with Crippen LogP contribution in [0.4, 0.5) is 0 Å². The molecule has 3 fully saturated rings. The highest BCUT2D eigenvalue weighted by atomic mass is 35.5. The molecule has 0 aromatic rings. The van der Waals surface area contributed by atoms with Crippen LogP contribution < -0.4 is 0 Å². The van der Waals surface area contributed by atoms with E-state index in [1.54, 1.807) is 0 Å². The Labute approximate surface area is 112 Å². The quantitative estimate of drug-likeness (QED) is 0.630. The van der Waals surface area contributed by atoms with Crippen LogP contribution in [-0.2, 0) is 23.7 Å². The highest BCUT2D eigenvalue weighted by Crippen LogP contribution is 2.43. The molecule has 0 N–H and O–H groups in total. The second-order valence-corrected chi connectivity index (χ2v) is 6.44. The summed E-state index contributed by atoms with van der Waals surface area (Å²) in [6.45, 7) is 7.85. The number of fused-ring (bicyclic) bond motifs is 3. The van der Waals surface area contributed by atoms with Crippen LogP contribution in [-0.4, -0.2) is 48.2 Å². The molecule has 104 valence electrons. The van der Waals surface area contributed by atoms with Crippen LogP contribution in [0.2, 0.25) is 0 Å². The third kappa shape index (κ3) is 2.17. The van der Waals surface area contributed by atoms with Crippen molar-refractivity contribution in [3.05, 3.63) is 0 Å². The van der Waals surface area contributed by atoms with Crippen molar-refractivity contribution in [2.75, 3.05) is 6.61 Å². The van der Waals surface area contributed by atoms with Crippen molar-refractivity contribution in [1.29, 1.82) is 0 Å². The Hall–Kier alpha value is 0.0900. The molecule has 0 aromatic carbocycles.